The molecule has 0 saturated carbocycles. The topological polar surface area (TPSA) is 65.5 Å². The number of carbonyl (C=O) groups excluding carboxylic acids is 2. The quantitative estimate of drug-likeness (QED) is 0.598. The van der Waals surface area contributed by atoms with Gasteiger partial charge in [0.25, 0.3) is 5.91 Å². The first-order valence-corrected chi connectivity index (χ1v) is 10.9. The molecule has 1 aliphatic heterocycles. The SMILES string of the molecule is O=C(NCc1cccc(Cl)c1)c1csc(N2CCN(CCc3ccccc3)C2=O)n1. The molecule has 8 heteroatoms. The molecule has 3 amide bonds. The Kier molecular flexibility index (Phi) is 6.30. The number of amides is 3. The fourth-order valence-corrected chi connectivity index (χ4v) is 4.33. The molecule has 0 spiro atoms. The molecule has 0 atom stereocenters. The number of nitrogens with one attached hydrogen (secondary N) is 1. The Hall–Kier alpha value is -2.90. The third kappa shape index (κ3) is 4.80. The van der Waals surface area contributed by atoms with E-state index in [1.54, 1.807) is 22.4 Å². The molecule has 3 aromatic rings. The molecule has 0 unspecified atom stereocenters. The van der Waals surface area contributed by atoms with Gasteiger partial charge in [0.15, 0.2) is 5.13 Å². The lowest BCUT2D eigenvalue weighted by Gasteiger charge is -2.16. The Labute approximate surface area is 184 Å². The van der Waals surface area contributed by atoms with E-state index in [-0.39, 0.29) is 11.9 Å². The minimum atomic E-state index is -0.273. The van der Waals surface area contributed by atoms with E-state index in [4.69, 9.17) is 11.6 Å². The van der Waals surface area contributed by atoms with E-state index in [0.29, 0.717) is 42.0 Å². The molecule has 30 heavy (non-hydrogen) atoms. The molecule has 6 nitrogen and oxygen atoms in total. The largest absolute Gasteiger partial charge is 0.347 e. The third-order valence-corrected chi connectivity index (χ3v) is 6.00. The number of anilines is 1. The Morgan fingerprint density at radius 2 is 1.90 bits per heavy atom. The van der Waals surface area contributed by atoms with E-state index in [1.165, 1.54) is 16.9 Å². The molecule has 1 aromatic heterocycles. The summed E-state index contributed by atoms with van der Waals surface area (Å²) in [6.07, 6.45) is 0.815. The highest BCUT2D eigenvalue weighted by Gasteiger charge is 2.31. The summed E-state index contributed by atoms with van der Waals surface area (Å²) in [7, 11) is 0. The van der Waals surface area contributed by atoms with E-state index in [0.717, 1.165) is 12.0 Å². The van der Waals surface area contributed by atoms with Crippen LogP contribution in [-0.2, 0) is 13.0 Å². The number of hydrogen-bond donors (Lipinski definition) is 1. The van der Waals surface area contributed by atoms with Crippen molar-refractivity contribution in [1.29, 1.82) is 0 Å². The first kappa shape index (κ1) is 20.4. The van der Waals surface area contributed by atoms with Crippen LogP contribution in [0.2, 0.25) is 5.02 Å². The summed E-state index contributed by atoms with van der Waals surface area (Å²) in [5.41, 5.74) is 2.43. The van der Waals surface area contributed by atoms with Crippen molar-refractivity contribution in [3.8, 4) is 0 Å². The maximum Gasteiger partial charge on any atom is 0.326 e. The molecular weight excluding hydrogens is 420 g/mol. The van der Waals surface area contributed by atoms with Crippen LogP contribution in [-0.4, -0.2) is 41.5 Å². The molecular formula is C22H21ClN4O2S. The number of thiazole rings is 1. The average molecular weight is 441 g/mol. The van der Waals surface area contributed by atoms with Gasteiger partial charge in [-0.2, -0.15) is 0 Å². The highest BCUT2D eigenvalue weighted by Crippen LogP contribution is 2.25. The molecule has 2 heterocycles. The molecule has 1 fully saturated rings. The van der Waals surface area contributed by atoms with Gasteiger partial charge in [-0.15, -0.1) is 11.3 Å². The zero-order valence-electron chi connectivity index (χ0n) is 16.3. The fraction of sp³-hybridized carbons (Fsp3) is 0.227. The van der Waals surface area contributed by atoms with Gasteiger partial charge in [-0.3, -0.25) is 9.69 Å². The van der Waals surface area contributed by atoms with Gasteiger partial charge in [0.1, 0.15) is 5.69 Å². The van der Waals surface area contributed by atoms with Gasteiger partial charge >= 0.3 is 6.03 Å². The second kappa shape index (κ2) is 9.28. The van der Waals surface area contributed by atoms with E-state index < -0.39 is 0 Å². The molecule has 1 saturated heterocycles. The van der Waals surface area contributed by atoms with Crippen molar-refractivity contribution < 1.29 is 9.59 Å². The van der Waals surface area contributed by atoms with Crippen LogP contribution in [0.4, 0.5) is 9.93 Å². The number of rotatable bonds is 7. The fourth-order valence-electron chi connectivity index (χ4n) is 3.29. The lowest BCUT2D eigenvalue weighted by molar-refractivity contribution is 0.0946. The lowest BCUT2D eigenvalue weighted by atomic mass is 10.1. The Bertz CT molecular complexity index is 1040. The lowest BCUT2D eigenvalue weighted by Crippen LogP contribution is -2.33. The summed E-state index contributed by atoms with van der Waals surface area (Å²) in [5, 5.41) is 5.70. The second-order valence-corrected chi connectivity index (χ2v) is 8.26. The summed E-state index contributed by atoms with van der Waals surface area (Å²) in [5.74, 6) is -0.273. The molecule has 0 aliphatic carbocycles. The van der Waals surface area contributed by atoms with Crippen LogP contribution in [0.1, 0.15) is 21.6 Å². The van der Waals surface area contributed by atoms with Gasteiger partial charge in [-0.25, -0.2) is 9.78 Å². The van der Waals surface area contributed by atoms with Gasteiger partial charge in [-0.05, 0) is 29.7 Å². The minimum absolute atomic E-state index is 0.0637. The molecule has 0 radical (unpaired) electrons. The molecule has 2 aromatic carbocycles. The Morgan fingerprint density at radius 3 is 2.70 bits per heavy atom. The van der Waals surface area contributed by atoms with Crippen molar-refractivity contribution in [1.82, 2.24) is 15.2 Å². The Balaban J connectivity index is 1.33. The van der Waals surface area contributed by atoms with E-state index in [9.17, 15) is 9.59 Å². The van der Waals surface area contributed by atoms with E-state index in [2.05, 4.69) is 22.4 Å². The van der Waals surface area contributed by atoms with E-state index in [1.807, 2.05) is 35.2 Å². The van der Waals surface area contributed by atoms with Gasteiger partial charge in [-0.1, -0.05) is 54.1 Å². The number of aromatic nitrogens is 1. The molecule has 4 rings (SSSR count). The van der Waals surface area contributed by atoms with Crippen molar-refractivity contribution in [3.05, 3.63) is 81.8 Å². The number of halogens is 1. The predicted molar refractivity (Wildman–Crippen MR) is 119 cm³/mol. The molecule has 1 N–H and O–H groups in total. The first-order valence-electron chi connectivity index (χ1n) is 9.69. The van der Waals surface area contributed by atoms with Gasteiger partial charge in [0.2, 0.25) is 0 Å². The number of carbonyl (C=O) groups is 2. The van der Waals surface area contributed by atoms with Crippen LogP contribution in [0.15, 0.2) is 60.0 Å². The maximum atomic E-state index is 12.8. The van der Waals surface area contributed by atoms with E-state index >= 15 is 0 Å². The number of hydrogen-bond acceptors (Lipinski definition) is 4. The standard InChI is InChI=1S/C22H21ClN4O2S/c23-18-8-4-7-17(13-18)14-24-20(28)19-15-30-21(25-19)27-12-11-26(22(27)29)10-9-16-5-2-1-3-6-16/h1-8,13,15H,9-12,14H2,(H,24,28). The first-order chi connectivity index (χ1) is 14.6. The van der Waals surface area contributed by atoms with Crippen LogP contribution in [0.5, 0.6) is 0 Å². The summed E-state index contributed by atoms with van der Waals surface area (Å²) in [6, 6.07) is 17.4. The van der Waals surface area contributed by atoms with Crippen LogP contribution >= 0.6 is 22.9 Å². The normalized spacial score (nSPS) is 13.7. The smallest absolute Gasteiger partial charge is 0.326 e. The molecule has 1 aliphatic rings. The van der Waals surface area contributed by atoms with Crippen molar-refractivity contribution in [3.63, 3.8) is 0 Å². The third-order valence-electron chi connectivity index (χ3n) is 4.91. The van der Waals surface area contributed by atoms with Crippen molar-refractivity contribution in [2.45, 2.75) is 13.0 Å². The maximum absolute atomic E-state index is 12.8. The monoisotopic (exact) mass is 440 g/mol. The molecule has 0 bridgehead atoms. The number of urea groups is 1. The summed E-state index contributed by atoms with van der Waals surface area (Å²) in [6.45, 7) is 2.26. The Morgan fingerprint density at radius 1 is 1.10 bits per heavy atom. The van der Waals surface area contributed by atoms with Crippen LogP contribution in [0, 0.1) is 0 Å². The zero-order chi connectivity index (χ0) is 20.9. The van der Waals surface area contributed by atoms with Crippen molar-refractivity contribution in [2.75, 3.05) is 24.5 Å². The van der Waals surface area contributed by atoms with Crippen LogP contribution < -0.4 is 10.2 Å². The highest BCUT2D eigenvalue weighted by atomic mass is 35.5. The minimum Gasteiger partial charge on any atom is -0.347 e. The van der Waals surface area contributed by atoms with Crippen LogP contribution in [0.3, 0.4) is 0 Å². The molecule has 154 valence electrons. The average Bonchev–Trinajstić information content (AvgIpc) is 3.38. The van der Waals surface area contributed by atoms with Crippen molar-refractivity contribution in [2.24, 2.45) is 0 Å². The van der Waals surface area contributed by atoms with Gasteiger partial charge in [0, 0.05) is 36.6 Å². The second-order valence-electron chi connectivity index (χ2n) is 6.98. The summed E-state index contributed by atoms with van der Waals surface area (Å²) in [4.78, 5) is 33.0. The predicted octanol–water partition coefficient (Wildman–Crippen LogP) is 4.21. The number of nitrogens with zero attached hydrogens (tertiary/aromatic N) is 3. The van der Waals surface area contributed by atoms with Gasteiger partial charge in [0.05, 0.1) is 0 Å². The number of benzene rings is 2. The van der Waals surface area contributed by atoms with Gasteiger partial charge < -0.3 is 10.2 Å². The zero-order valence-corrected chi connectivity index (χ0v) is 17.8. The summed E-state index contributed by atoms with van der Waals surface area (Å²) < 4.78 is 0. The summed E-state index contributed by atoms with van der Waals surface area (Å²) >= 11 is 7.28. The highest BCUT2D eigenvalue weighted by molar-refractivity contribution is 7.14. The van der Waals surface area contributed by atoms with Crippen molar-refractivity contribution >= 4 is 40.0 Å². The van der Waals surface area contributed by atoms with Crippen LogP contribution in [0.25, 0.3) is 0 Å².